The second-order valence-corrected chi connectivity index (χ2v) is 6.05. The summed E-state index contributed by atoms with van der Waals surface area (Å²) in [5.41, 5.74) is 1.73. The minimum absolute atomic E-state index is 0.113. The fourth-order valence-electron chi connectivity index (χ4n) is 3.27. The van der Waals surface area contributed by atoms with Crippen LogP contribution in [0, 0.1) is 0 Å². The van der Waals surface area contributed by atoms with Crippen LogP contribution in [0.15, 0.2) is 60.8 Å². The maximum Gasteiger partial charge on any atom is 0.247 e. The molecule has 1 atom stereocenters. The summed E-state index contributed by atoms with van der Waals surface area (Å²) in [6.45, 7) is 1.07. The Hall–Kier alpha value is -3.15. The van der Waals surface area contributed by atoms with Gasteiger partial charge in [0.15, 0.2) is 0 Å². The van der Waals surface area contributed by atoms with Gasteiger partial charge in [-0.05, 0) is 11.6 Å². The number of aromatic nitrogens is 2. The first-order valence-electron chi connectivity index (χ1n) is 8.27. The van der Waals surface area contributed by atoms with Gasteiger partial charge in [0, 0.05) is 18.5 Å². The van der Waals surface area contributed by atoms with Crippen molar-refractivity contribution in [3.63, 3.8) is 0 Å². The molecule has 0 spiro atoms. The van der Waals surface area contributed by atoms with Crippen molar-refractivity contribution in [2.24, 2.45) is 0 Å². The van der Waals surface area contributed by atoms with Crippen LogP contribution in [-0.2, 0) is 16.1 Å². The molecule has 1 aliphatic rings. The Morgan fingerprint density at radius 3 is 2.72 bits per heavy atom. The molecule has 1 saturated heterocycles. The molecule has 3 aromatic rings. The minimum atomic E-state index is -0.593. The first kappa shape index (κ1) is 15.4. The van der Waals surface area contributed by atoms with Gasteiger partial charge >= 0.3 is 0 Å². The number of hydrogen-bond donors (Lipinski definition) is 1. The highest BCUT2D eigenvalue weighted by molar-refractivity contribution is 5.90. The van der Waals surface area contributed by atoms with Crippen molar-refractivity contribution in [1.82, 2.24) is 20.0 Å². The van der Waals surface area contributed by atoms with Crippen LogP contribution in [0.5, 0.6) is 0 Å². The lowest BCUT2D eigenvalue weighted by Gasteiger charge is -2.35. The van der Waals surface area contributed by atoms with Crippen molar-refractivity contribution < 1.29 is 9.59 Å². The van der Waals surface area contributed by atoms with E-state index in [2.05, 4.69) is 10.4 Å². The van der Waals surface area contributed by atoms with Gasteiger partial charge in [0.2, 0.25) is 11.8 Å². The molecule has 0 aliphatic carbocycles. The molecule has 2 aromatic carbocycles. The van der Waals surface area contributed by atoms with Crippen LogP contribution in [0.3, 0.4) is 0 Å². The van der Waals surface area contributed by atoms with E-state index in [1.165, 1.54) is 0 Å². The predicted octanol–water partition coefficient (Wildman–Crippen LogP) is 1.74. The number of piperazine rings is 1. The van der Waals surface area contributed by atoms with E-state index in [1.807, 2.05) is 54.6 Å². The van der Waals surface area contributed by atoms with Gasteiger partial charge < -0.3 is 10.2 Å². The molecule has 0 saturated carbocycles. The van der Waals surface area contributed by atoms with Crippen molar-refractivity contribution in [3.8, 4) is 0 Å². The van der Waals surface area contributed by atoms with Crippen LogP contribution in [0.2, 0.25) is 0 Å². The number of carbonyl (C=O) groups is 2. The monoisotopic (exact) mass is 334 g/mol. The molecular weight excluding hydrogens is 316 g/mol. The van der Waals surface area contributed by atoms with Gasteiger partial charge in [-0.3, -0.25) is 14.3 Å². The van der Waals surface area contributed by atoms with Gasteiger partial charge in [-0.1, -0.05) is 48.5 Å². The molecule has 0 bridgehead atoms. The quantitative estimate of drug-likeness (QED) is 0.793. The summed E-state index contributed by atoms with van der Waals surface area (Å²) in [5.74, 6) is -0.256. The number of fused-ring (bicyclic) bond motifs is 1. The SMILES string of the molecule is O=C1NCCN(C(=O)Cn2ncc3ccccc32)C1c1ccccc1. The molecule has 0 radical (unpaired) electrons. The van der Waals surface area contributed by atoms with E-state index in [0.717, 1.165) is 16.5 Å². The summed E-state index contributed by atoms with van der Waals surface area (Å²) < 4.78 is 1.69. The number of rotatable bonds is 3. The summed E-state index contributed by atoms with van der Waals surface area (Å²) in [6.07, 6.45) is 1.75. The number of hydrogen-bond acceptors (Lipinski definition) is 3. The predicted molar refractivity (Wildman–Crippen MR) is 93.6 cm³/mol. The van der Waals surface area contributed by atoms with Crippen LogP contribution in [0.25, 0.3) is 10.9 Å². The molecule has 1 unspecified atom stereocenters. The van der Waals surface area contributed by atoms with Gasteiger partial charge in [0.05, 0.1) is 11.7 Å². The lowest BCUT2D eigenvalue weighted by atomic mass is 10.0. The average Bonchev–Trinajstić information content (AvgIpc) is 3.05. The Morgan fingerprint density at radius 1 is 1.12 bits per heavy atom. The molecule has 1 fully saturated rings. The van der Waals surface area contributed by atoms with E-state index in [-0.39, 0.29) is 18.4 Å². The number of para-hydroxylation sites is 1. The van der Waals surface area contributed by atoms with E-state index >= 15 is 0 Å². The second kappa shape index (κ2) is 6.39. The first-order chi connectivity index (χ1) is 12.2. The fourth-order valence-corrected chi connectivity index (χ4v) is 3.27. The van der Waals surface area contributed by atoms with Crippen molar-refractivity contribution in [2.45, 2.75) is 12.6 Å². The van der Waals surface area contributed by atoms with Crippen molar-refractivity contribution in [3.05, 3.63) is 66.4 Å². The molecule has 6 heteroatoms. The zero-order valence-corrected chi connectivity index (χ0v) is 13.6. The highest BCUT2D eigenvalue weighted by Gasteiger charge is 2.34. The normalized spacial score (nSPS) is 17.5. The van der Waals surface area contributed by atoms with E-state index in [4.69, 9.17) is 0 Å². The minimum Gasteiger partial charge on any atom is -0.352 e. The average molecular weight is 334 g/mol. The number of nitrogens with one attached hydrogen (secondary N) is 1. The Labute approximate surface area is 145 Å². The number of amides is 2. The maximum absolute atomic E-state index is 12.9. The van der Waals surface area contributed by atoms with Crippen LogP contribution >= 0.6 is 0 Å². The third kappa shape index (κ3) is 2.87. The Kier molecular flexibility index (Phi) is 3.93. The van der Waals surface area contributed by atoms with E-state index < -0.39 is 6.04 Å². The number of carbonyl (C=O) groups excluding carboxylic acids is 2. The van der Waals surface area contributed by atoms with E-state index in [1.54, 1.807) is 15.8 Å². The highest BCUT2D eigenvalue weighted by atomic mass is 16.2. The third-order valence-corrected chi connectivity index (χ3v) is 4.48. The maximum atomic E-state index is 12.9. The van der Waals surface area contributed by atoms with Crippen LogP contribution in [0.4, 0.5) is 0 Å². The molecule has 4 rings (SSSR count). The summed E-state index contributed by atoms with van der Waals surface area (Å²) in [7, 11) is 0. The molecular formula is C19H18N4O2. The molecule has 2 heterocycles. The lowest BCUT2D eigenvalue weighted by molar-refractivity contribution is -0.144. The number of benzene rings is 2. The zero-order valence-electron chi connectivity index (χ0n) is 13.6. The summed E-state index contributed by atoms with van der Waals surface area (Å²) in [6, 6.07) is 16.6. The molecule has 126 valence electrons. The summed E-state index contributed by atoms with van der Waals surface area (Å²) >= 11 is 0. The van der Waals surface area contributed by atoms with Crippen molar-refractivity contribution >= 4 is 22.7 Å². The Balaban J connectivity index is 1.62. The Bertz CT molecular complexity index is 919. The molecule has 1 aromatic heterocycles. The number of nitrogens with zero attached hydrogens (tertiary/aromatic N) is 3. The third-order valence-electron chi connectivity index (χ3n) is 4.48. The van der Waals surface area contributed by atoms with Crippen LogP contribution < -0.4 is 5.32 Å². The summed E-state index contributed by atoms with van der Waals surface area (Å²) in [5, 5.41) is 8.16. The van der Waals surface area contributed by atoms with Gasteiger partial charge in [-0.2, -0.15) is 5.10 Å². The van der Waals surface area contributed by atoms with E-state index in [9.17, 15) is 9.59 Å². The van der Waals surface area contributed by atoms with Gasteiger partial charge in [0.25, 0.3) is 0 Å². The van der Waals surface area contributed by atoms with Crippen molar-refractivity contribution in [1.29, 1.82) is 0 Å². The molecule has 1 N–H and O–H groups in total. The second-order valence-electron chi connectivity index (χ2n) is 6.05. The molecule has 1 aliphatic heterocycles. The standard InChI is InChI=1S/C19H18N4O2/c24-17(13-23-16-9-5-4-8-15(16)12-21-23)22-11-10-20-19(25)18(22)14-6-2-1-3-7-14/h1-9,12,18H,10-11,13H2,(H,20,25). The lowest BCUT2D eigenvalue weighted by Crippen LogP contribution is -2.52. The smallest absolute Gasteiger partial charge is 0.247 e. The fraction of sp³-hybridized carbons (Fsp3) is 0.211. The molecule has 6 nitrogen and oxygen atoms in total. The molecule has 2 amide bonds. The van der Waals surface area contributed by atoms with Crippen LogP contribution in [-0.4, -0.2) is 39.6 Å². The van der Waals surface area contributed by atoms with Gasteiger partial charge in [-0.15, -0.1) is 0 Å². The Morgan fingerprint density at radius 2 is 1.88 bits per heavy atom. The van der Waals surface area contributed by atoms with Crippen molar-refractivity contribution in [2.75, 3.05) is 13.1 Å². The topological polar surface area (TPSA) is 67.2 Å². The highest BCUT2D eigenvalue weighted by Crippen LogP contribution is 2.24. The van der Waals surface area contributed by atoms with E-state index in [0.29, 0.717) is 13.1 Å². The first-order valence-corrected chi connectivity index (χ1v) is 8.27. The zero-order chi connectivity index (χ0) is 17.2. The van der Waals surface area contributed by atoms with Crippen LogP contribution in [0.1, 0.15) is 11.6 Å². The largest absolute Gasteiger partial charge is 0.352 e. The summed E-state index contributed by atoms with van der Waals surface area (Å²) in [4.78, 5) is 27.0. The van der Waals surface area contributed by atoms with Gasteiger partial charge in [0.1, 0.15) is 12.6 Å². The molecule has 25 heavy (non-hydrogen) atoms. The van der Waals surface area contributed by atoms with Gasteiger partial charge in [-0.25, -0.2) is 0 Å².